The number of carbonyl (C=O) groups is 2. The molecule has 0 unspecified atom stereocenters. The quantitative estimate of drug-likeness (QED) is 0.412. The van der Waals surface area contributed by atoms with Crippen LogP contribution in [-0.4, -0.2) is 24.6 Å². The summed E-state index contributed by atoms with van der Waals surface area (Å²) < 4.78 is 5.35. The second-order valence-electron chi connectivity index (χ2n) is 7.83. The van der Waals surface area contributed by atoms with Gasteiger partial charge in [-0.1, -0.05) is 60.7 Å². The maximum Gasteiger partial charge on any atom is 0.329 e. The summed E-state index contributed by atoms with van der Waals surface area (Å²) in [5.41, 5.74) is 6.87. The number of nitrogens with one attached hydrogen (secondary N) is 3. The predicted molar refractivity (Wildman–Crippen MR) is 128 cm³/mol. The van der Waals surface area contributed by atoms with Crippen molar-refractivity contribution in [2.24, 2.45) is 5.10 Å². The fraction of sp³-hybridized carbons (Fsp3) is 0.192. The third kappa shape index (κ3) is 5.20. The van der Waals surface area contributed by atoms with E-state index in [1.54, 1.807) is 7.11 Å². The zero-order valence-corrected chi connectivity index (χ0v) is 18.5. The average molecular weight is 443 g/mol. The summed E-state index contributed by atoms with van der Waals surface area (Å²) in [5.74, 6) is -0.773. The van der Waals surface area contributed by atoms with Crippen molar-refractivity contribution in [2.75, 3.05) is 12.4 Å². The van der Waals surface area contributed by atoms with E-state index in [2.05, 4.69) is 21.2 Å². The molecule has 7 nitrogen and oxygen atoms in total. The highest BCUT2D eigenvalue weighted by atomic mass is 16.5. The van der Waals surface area contributed by atoms with E-state index in [9.17, 15) is 9.59 Å². The Bertz CT molecular complexity index is 1180. The Hall–Kier alpha value is -4.13. The number of anilines is 1. The van der Waals surface area contributed by atoms with Crippen LogP contribution in [0.25, 0.3) is 0 Å². The standard InChI is InChI=1S/C26H26N4O3/c1-17(18-9-4-3-5-10-18)27-25(31)26(32)30-29-24-16-23(19-11-8-12-20(15-19)33-2)28-22-14-7-6-13-21(22)24/h3-15,17,23,28H,16H2,1-2H3,(H,27,31)(H,30,32)/t17-,23-/m0/s1. The van der Waals surface area contributed by atoms with Crippen LogP contribution in [0.3, 0.4) is 0 Å². The van der Waals surface area contributed by atoms with Crippen molar-refractivity contribution in [2.45, 2.75) is 25.4 Å². The molecule has 1 aliphatic rings. The minimum Gasteiger partial charge on any atom is -0.497 e. The first-order valence-electron chi connectivity index (χ1n) is 10.8. The number of benzene rings is 3. The Balaban J connectivity index is 1.49. The summed E-state index contributed by atoms with van der Waals surface area (Å²) in [6.07, 6.45) is 0.534. The van der Waals surface area contributed by atoms with Gasteiger partial charge in [-0.05, 0) is 36.2 Å². The Morgan fingerprint density at radius 3 is 2.55 bits per heavy atom. The van der Waals surface area contributed by atoms with Crippen molar-refractivity contribution in [1.82, 2.24) is 10.7 Å². The second kappa shape index (κ2) is 9.99. The molecule has 0 spiro atoms. The summed E-state index contributed by atoms with van der Waals surface area (Å²) in [7, 11) is 1.63. The zero-order chi connectivity index (χ0) is 23.2. The van der Waals surface area contributed by atoms with Crippen molar-refractivity contribution in [3.8, 4) is 5.75 Å². The Labute approximate surface area is 192 Å². The van der Waals surface area contributed by atoms with E-state index in [1.165, 1.54) is 0 Å². The van der Waals surface area contributed by atoms with Crippen LogP contribution in [0.5, 0.6) is 5.75 Å². The van der Waals surface area contributed by atoms with E-state index in [0.29, 0.717) is 12.1 Å². The smallest absolute Gasteiger partial charge is 0.329 e. The number of nitrogens with zero attached hydrogens (tertiary/aromatic N) is 1. The van der Waals surface area contributed by atoms with Gasteiger partial charge in [-0.2, -0.15) is 5.10 Å². The normalized spacial score (nSPS) is 16.8. The maximum atomic E-state index is 12.4. The molecule has 0 bridgehead atoms. The van der Waals surface area contributed by atoms with Gasteiger partial charge in [0, 0.05) is 17.7 Å². The van der Waals surface area contributed by atoms with E-state index in [1.807, 2.05) is 85.8 Å². The van der Waals surface area contributed by atoms with Crippen LogP contribution in [0.2, 0.25) is 0 Å². The number of ether oxygens (including phenoxy) is 1. The van der Waals surface area contributed by atoms with Crippen LogP contribution in [0.4, 0.5) is 5.69 Å². The van der Waals surface area contributed by atoms with Gasteiger partial charge < -0.3 is 15.4 Å². The monoisotopic (exact) mass is 442 g/mol. The molecule has 1 aliphatic heterocycles. The lowest BCUT2D eigenvalue weighted by atomic mass is 9.92. The topological polar surface area (TPSA) is 91.8 Å². The minimum atomic E-state index is -0.806. The van der Waals surface area contributed by atoms with Crippen LogP contribution in [0.1, 0.15) is 42.1 Å². The van der Waals surface area contributed by atoms with Crippen LogP contribution in [-0.2, 0) is 9.59 Å². The van der Waals surface area contributed by atoms with E-state index in [0.717, 1.165) is 28.1 Å². The number of methoxy groups -OCH3 is 1. The summed E-state index contributed by atoms with van der Waals surface area (Å²) in [6.45, 7) is 1.83. The van der Waals surface area contributed by atoms with Crippen LogP contribution in [0, 0.1) is 0 Å². The van der Waals surface area contributed by atoms with Gasteiger partial charge in [0.15, 0.2) is 0 Å². The van der Waals surface area contributed by atoms with Crippen molar-refractivity contribution in [3.63, 3.8) is 0 Å². The molecule has 0 saturated heterocycles. The van der Waals surface area contributed by atoms with Crippen LogP contribution >= 0.6 is 0 Å². The minimum absolute atomic E-state index is 0.0578. The predicted octanol–water partition coefficient (Wildman–Crippen LogP) is 3.95. The van der Waals surface area contributed by atoms with Gasteiger partial charge in [0.25, 0.3) is 0 Å². The first-order valence-corrected chi connectivity index (χ1v) is 10.8. The summed E-state index contributed by atoms with van der Waals surface area (Å²) >= 11 is 0. The molecule has 168 valence electrons. The molecule has 2 amide bonds. The Morgan fingerprint density at radius 1 is 1.00 bits per heavy atom. The van der Waals surface area contributed by atoms with Crippen molar-refractivity contribution in [3.05, 3.63) is 95.6 Å². The third-order valence-corrected chi connectivity index (χ3v) is 5.61. The zero-order valence-electron chi connectivity index (χ0n) is 18.5. The molecule has 2 atom stereocenters. The van der Waals surface area contributed by atoms with Gasteiger partial charge in [-0.15, -0.1) is 0 Å². The molecule has 3 aromatic carbocycles. The maximum absolute atomic E-state index is 12.4. The van der Waals surface area contributed by atoms with Crippen molar-refractivity contribution < 1.29 is 14.3 Å². The molecule has 4 rings (SSSR count). The third-order valence-electron chi connectivity index (χ3n) is 5.61. The van der Waals surface area contributed by atoms with E-state index >= 15 is 0 Å². The SMILES string of the molecule is COc1cccc([C@@H]2CC(=NNC(=O)C(=O)N[C@@H](C)c3ccccc3)c3ccccc3N2)c1. The molecule has 3 N–H and O–H groups in total. The lowest BCUT2D eigenvalue weighted by Crippen LogP contribution is -2.39. The molecule has 3 aromatic rings. The lowest BCUT2D eigenvalue weighted by molar-refractivity contribution is -0.139. The highest BCUT2D eigenvalue weighted by Crippen LogP contribution is 2.33. The molecular weight excluding hydrogens is 416 g/mol. The van der Waals surface area contributed by atoms with Gasteiger partial charge in [0.2, 0.25) is 0 Å². The largest absolute Gasteiger partial charge is 0.497 e. The Kier molecular flexibility index (Phi) is 6.69. The first-order chi connectivity index (χ1) is 16.0. The Morgan fingerprint density at radius 2 is 1.76 bits per heavy atom. The molecular formula is C26H26N4O3. The fourth-order valence-corrected chi connectivity index (χ4v) is 3.82. The average Bonchev–Trinajstić information content (AvgIpc) is 2.87. The number of hydrazone groups is 1. The summed E-state index contributed by atoms with van der Waals surface area (Å²) in [4.78, 5) is 24.8. The summed E-state index contributed by atoms with van der Waals surface area (Å²) in [6, 6.07) is 24.7. The van der Waals surface area contributed by atoms with Gasteiger partial charge in [0.1, 0.15) is 5.75 Å². The number of para-hydroxylation sites is 1. The number of carbonyl (C=O) groups excluding carboxylic acids is 2. The van der Waals surface area contributed by atoms with Crippen molar-refractivity contribution >= 4 is 23.2 Å². The first kappa shape index (κ1) is 22.1. The molecule has 1 heterocycles. The molecule has 0 radical (unpaired) electrons. The number of rotatable bonds is 5. The highest BCUT2D eigenvalue weighted by Gasteiger charge is 2.25. The van der Waals surface area contributed by atoms with E-state index in [4.69, 9.17) is 4.74 Å². The number of amides is 2. The number of hydrogen-bond acceptors (Lipinski definition) is 5. The molecule has 0 fully saturated rings. The molecule has 0 saturated carbocycles. The van der Waals surface area contributed by atoms with Gasteiger partial charge in [-0.25, -0.2) is 5.43 Å². The highest BCUT2D eigenvalue weighted by molar-refractivity contribution is 6.35. The molecule has 7 heteroatoms. The lowest BCUT2D eigenvalue weighted by Gasteiger charge is -2.28. The van der Waals surface area contributed by atoms with E-state index in [-0.39, 0.29) is 12.1 Å². The van der Waals surface area contributed by atoms with Crippen LogP contribution < -0.4 is 20.8 Å². The van der Waals surface area contributed by atoms with Crippen LogP contribution in [0.15, 0.2) is 84.0 Å². The molecule has 0 aromatic heterocycles. The van der Waals surface area contributed by atoms with Gasteiger partial charge in [-0.3, -0.25) is 9.59 Å². The molecule has 33 heavy (non-hydrogen) atoms. The molecule has 0 aliphatic carbocycles. The number of fused-ring (bicyclic) bond motifs is 1. The van der Waals surface area contributed by atoms with E-state index < -0.39 is 11.8 Å². The van der Waals surface area contributed by atoms with Gasteiger partial charge in [0.05, 0.1) is 24.9 Å². The number of hydrogen-bond donors (Lipinski definition) is 3. The van der Waals surface area contributed by atoms with Gasteiger partial charge >= 0.3 is 11.8 Å². The second-order valence-corrected chi connectivity index (χ2v) is 7.83. The van der Waals surface area contributed by atoms with Crippen molar-refractivity contribution in [1.29, 1.82) is 0 Å². The summed E-state index contributed by atoms with van der Waals surface area (Å²) in [5, 5.41) is 10.6. The fourth-order valence-electron chi connectivity index (χ4n) is 3.82.